The van der Waals surface area contributed by atoms with Crippen LogP contribution in [0.3, 0.4) is 0 Å². The predicted molar refractivity (Wildman–Crippen MR) is 65.7 cm³/mol. The van der Waals surface area contributed by atoms with E-state index in [0.717, 1.165) is 27.2 Å². The van der Waals surface area contributed by atoms with Crippen molar-refractivity contribution in [3.63, 3.8) is 0 Å². The number of pyridine rings is 1. The Morgan fingerprint density at radius 3 is 2.69 bits per heavy atom. The number of fused-ring (bicyclic) bond motifs is 3. The van der Waals surface area contributed by atoms with Crippen LogP contribution in [0.4, 0.5) is 0 Å². The Labute approximate surface area is 93.2 Å². The lowest BCUT2D eigenvalue weighted by atomic mass is 10.0. The van der Waals surface area contributed by atoms with Crippen molar-refractivity contribution in [1.82, 2.24) is 4.98 Å². The lowest BCUT2D eigenvalue weighted by molar-refractivity contribution is 0.482. The molecule has 0 radical (unpaired) electrons. The fourth-order valence-electron chi connectivity index (χ4n) is 2.09. The minimum Gasteiger partial charge on any atom is -0.507 e. The standard InChI is InChI=1S/C14H11NO/c1-9-6-7-13(16)14-10-4-2-3-5-12(10)15-8-11(9)14/h2-8,16H,1H3. The number of rotatable bonds is 0. The Hall–Kier alpha value is -2.09. The second kappa shape index (κ2) is 3.20. The van der Waals surface area contributed by atoms with Crippen molar-refractivity contribution in [1.29, 1.82) is 0 Å². The first-order valence-corrected chi connectivity index (χ1v) is 5.23. The molecule has 0 atom stereocenters. The minimum absolute atomic E-state index is 0.319. The summed E-state index contributed by atoms with van der Waals surface area (Å²) in [4.78, 5) is 4.40. The number of aromatic hydroxyl groups is 1. The number of nitrogens with zero attached hydrogens (tertiary/aromatic N) is 1. The molecule has 1 N–H and O–H groups in total. The Morgan fingerprint density at radius 2 is 1.81 bits per heavy atom. The highest BCUT2D eigenvalue weighted by Gasteiger charge is 2.07. The molecule has 2 aromatic carbocycles. The van der Waals surface area contributed by atoms with Crippen molar-refractivity contribution in [3.8, 4) is 5.75 Å². The summed E-state index contributed by atoms with van der Waals surface area (Å²) in [5.41, 5.74) is 2.04. The van der Waals surface area contributed by atoms with Gasteiger partial charge in [-0.05, 0) is 24.6 Å². The smallest absolute Gasteiger partial charge is 0.124 e. The molecular weight excluding hydrogens is 198 g/mol. The van der Waals surface area contributed by atoms with Gasteiger partial charge in [-0.3, -0.25) is 4.98 Å². The van der Waals surface area contributed by atoms with Crippen LogP contribution in [-0.2, 0) is 0 Å². The summed E-state index contributed by atoms with van der Waals surface area (Å²) in [6.07, 6.45) is 1.83. The molecule has 1 aromatic heterocycles. The normalized spacial score (nSPS) is 11.1. The van der Waals surface area contributed by atoms with Crippen molar-refractivity contribution in [3.05, 3.63) is 48.2 Å². The molecule has 0 unspecified atom stereocenters. The monoisotopic (exact) mass is 209 g/mol. The molecule has 0 spiro atoms. The van der Waals surface area contributed by atoms with Gasteiger partial charge in [-0.15, -0.1) is 0 Å². The van der Waals surface area contributed by atoms with E-state index >= 15 is 0 Å². The molecular formula is C14H11NO. The van der Waals surface area contributed by atoms with Gasteiger partial charge in [0.25, 0.3) is 0 Å². The molecule has 16 heavy (non-hydrogen) atoms. The third-order valence-corrected chi connectivity index (χ3v) is 2.95. The average Bonchev–Trinajstić information content (AvgIpc) is 2.33. The summed E-state index contributed by atoms with van der Waals surface area (Å²) in [6.45, 7) is 2.03. The second-order valence-corrected chi connectivity index (χ2v) is 3.97. The van der Waals surface area contributed by atoms with E-state index < -0.39 is 0 Å². The summed E-state index contributed by atoms with van der Waals surface area (Å²) >= 11 is 0. The molecule has 2 nitrogen and oxygen atoms in total. The van der Waals surface area contributed by atoms with E-state index in [1.807, 2.05) is 43.5 Å². The summed E-state index contributed by atoms with van der Waals surface area (Å²) in [7, 11) is 0. The topological polar surface area (TPSA) is 33.1 Å². The maximum absolute atomic E-state index is 9.97. The highest BCUT2D eigenvalue weighted by atomic mass is 16.3. The number of para-hydroxylation sites is 1. The summed E-state index contributed by atoms with van der Waals surface area (Å²) in [5, 5.41) is 12.9. The molecule has 0 fully saturated rings. The van der Waals surface area contributed by atoms with Crippen LogP contribution in [-0.4, -0.2) is 10.1 Å². The Balaban J connectivity index is 2.64. The van der Waals surface area contributed by atoms with Gasteiger partial charge in [-0.1, -0.05) is 24.3 Å². The van der Waals surface area contributed by atoms with Crippen LogP contribution in [0.2, 0.25) is 0 Å². The van der Waals surface area contributed by atoms with Gasteiger partial charge in [-0.2, -0.15) is 0 Å². The van der Waals surface area contributed by atoms with Crippen LogP contribution in [0.15, 0.2) is 42.6 Å². The van der Waals surface area contributed by atoms with Gasteiger partial charge in [-0.25, -0.2) is 0 Å². The van der Waals surface area contributed by atoms with E-state index in [-0.39, 0.29) is 0 Å². The molecule has 0 saturated heterocycles. The molecule has 0 aliphatic carbocycles. The van der Waals surface area contributed by atoms with Gasteiger partial charge >= 0.3 is 0 Å². The van der Waals surface area contributed by atoms with Crippen molar-refractivity contribution in [2.45, 2.75) is 6.92 Å². The lowest BCUT2D eigenvalue weighted by Gasteiger charge is -2.07. The van der Waals surface area contributed by atoms with Crippen LogP contribution < -0.4 is 0 Å². The quantitative estimate of drug-likeness (QED) is 0.575. The van der Waals surface area contributed by atoms with Crippen LogP contribution >= 0.6 is 0 Å². The average molecular weight is 209 g/mol. The number of aryl methyl sites for hydroxylation is 1. The SMILES string of the molecule is Cc1ccc(O)c2c1cnc1ccccc12. The number of phenols is 1. The van der Waals surface area contributed by atoms with Gasteiger partial charge in [0.2, 0.25) is 0 Å². The van der Waals surface area contributed by atoms with E-state index in [4.69, 9.17) is 0 Å². The molecule has 0 aliphatic heterocycles. The third-order valence-electron chi connectivity index (χ3n) is 2.95. The fraction of sp³-hybridized carbons (Fsp3) is 0.0714. The Morgan fingerprint density at radius 1 is 1.00 bits per heavy atom. The predicted octanol–water partition coefficient (Wildman–Crippen LogP) is 3.40. The minimum atomic E-state index is 0.319. The van der Waals surface area contributed by atoms with Gasteiger partial charge in [0, 0.05) is 22.4 Å². The zero-order valence-electron chi connectivity index (χ0n) is 8.94. The van der Waals surface area contributed by atoms with Gasteiger partial charge in [0.05, 0.1) is 5.52 Å². The van der Waals surface area contributed by atoms with Gasteiger partial charge in [0.1, 0.15) is 5.75 Å². The van der Waals surface area contributed by atoms with E-state index in [1.54, 1.807) is 6.07 Å². The van der Waals surface area contributed by atoms with Crippen LogP contribution in [0, 0.1) is 6.92 Å². The van der Waals surface area contributed by atoms with Gasteiger partial charge in [0.15, 0.2) is 0 Å². The van der Waals surface area contributed by atoms with Crippen LogP contribution in [0.1, 0.15) is 5.56 Å². The molecule has 3 rings (SSSR count). The third kappa shape index (κ3) is 1.16. The van der Waals surface area contributed by atoms with Crippen molar-refractivity contribution in [2.75, 3.05) is 0 Å². The van der Waals surface area contributed by atoms with Crippen molar-refractivity contribution < 1.29 is 5.11 Å². The first-order chi connectivity index (χ1) is 7.77. The van der Waals surface area contributed by atoms with Crippen LogP contribution in [0.25, 0.3) is 21.7 Å². The number of phenolic OH excluding ortho intramolecular Hbond substituents is 1. The fourth-order valence-corrected chi connectivity index (χ4v) is 2.09. The molecule has 0 aliphatic rings. The number of hydrogen-bond donors (Lipinski definition) is 1. The molecule has 78 valence electrons. The molecule has 2 heteroatoms. The van der Waals surface area contributed by atoms with Crippen molar-refractivity contribution >= 4 is 21.7 Å². The highest BCUT2D eigenvalue weighted by Crippen LogP contribution is 2.32. The Kier molecular flexibility index (Phi) is 1.83. The number of aromatic nitrogens is 1. The zero-order chi connectivity index (χ0) is 11.1. The van der Waals surface area contributed by atoms with Crippen LogP contribution in [0.5, 0.6) is 5.75 Å². The summed E-state index contributed by atoms with van der Waals surface area (Å²) in [5.74, 6) is 0.319. The number of hydrogen-bond acceptors (Lipinski definition) is 2. The summed E-state index contributed by atoms with van der Waals surface area (Å²) in [6, 6.07) is 11.5. The second-order valence-electron chi connectivity index (χ2n) is 3.97. The zero-order valence-corrected chi connectivity index (χ0v) is 8.94. The molecule has 1 heterocycles. The lowest BCUT2D eigenvalue weighted by Crippen LogP contribution is -1.85. The van der Waals surface area contributed by atoms with E-state index in [2.05, 4.69) is 4.98 Å². The maximum atomic E-state index is 9.97. The summed E-state index contributed by atoms with van der Waals surface area (Å²) < 4.78 is 0. The molecule has 0 bridgehead atoms. The number of benzene rings is 2. The molecule has 3 aromatic rings. The largest absolute Gasteiger partial charge is 0.507 e. The first kappa shape index (κ1) is 9.16. The Bertz CT molecular complexity index is 689. The maximum Gasteiger partial charge on any atom is 0.124 e. The van der Waals surface area contributed by atoms with Gasteiger partial charge < -0.3 is 5.11 Å². The van der Waals surface area contributed by atoms with E-state index in [1.165, 1.54) is 0 Å². The van der Waals surface area contributed by atoms with E-state index in [0.29, 0.717) is 5.75 Å². The molecule has 0 amide bonds. The first-order valence-electron chi connectivity index (χ1n) is 5.23. The highest BCUT2D eigenvalue weighted by molar-refractivity contribution is 6.09. The van der Waals surface area contributed by atoms with Crippen molar-refractivity contribution in [2.24, 2.45) is 0 Å². The molecule has 0 saturated carbocycles. The van der Waals surface area contributed by atoms with E-state index in [9.17, 15) is 5.11 Å².